The van der Waals surface area contributed by atoms with E-state index >= 15 is 4.39 Å². The van der Waals surface area contributed by atoms with E-state index in [9.17, 15) is 17.6 Å². The summed E-state index contributed by atoms with van der Waals surface area (Å²) in [5.74, 6) is -1.58. The van der Waals surface area contributed by atoms with Crippen LogP contribution >= 0.6 is 0 Å². The first-order chi connectivity index (χ1) is 14.1. The lowest BCUT2D eigenvalue weighted by Crippen LogP contribution is -2.48. The summed E-state index contributed by atoms with van der Waals surface area (Å²) in [7, 11) is -4.41. The summed E-state index contributed by atoms with van der Waals surface area (Å²) in [4.78, 5) is 17.5. The number of nitrogens with zero attached hydrogens (tertiary/aromatic N) is 2. The van der Waals surface area contributed by atoms with Gasteiger partial charge in [-0.25, -0.2) is 22.0 Å². The average molecular weight is 439 g/mol. The number of rotatable bonds is 5. The maximum absolute atomic E-state index is 15.5. The third kappa shape index (κ3) is 4.44. The number of hydrogen-bond acceptors (Lipinski definition) is 5. The molecule has 3 rings (SSSR count). The van der Waals surface area contributed by atoms with Crippen LogP contribution in [0, 0.1) is 11.7 Å². The lowest BCUT2D eigenvalue weighted by atomic mass is 9.92. The summed E-state index contributed by atoms with van der Waals surface area (Å²) in [6.45, 7) is 1.15. The third-order valence-electron chi connectivity index (χ3n) is 5.38. The number of likely N-dealkylation sites (tertiary alicyclic amines) is 1. The zero-order chi connectivity index (χ0) is 21.9. The summed E-state index contributed by atoms with van der Waals surface area (Å²) < 4.78 is 54.4. The highest BCUT2D eigenvalue weighted by Crippen LogP contribution is 2.39. The molecule has 2 amide bonds. The second-order valence-electron chi connectivity index (χ2n) is 7.33. The number of amides is 2. The number of urea groups is 1. The van der Waals surface area contributed by atoms with E-state index in [0.29, 0.717) is 11.4 Å². The molecular weight excluding hydrogens is 416 g/mol. The van der Waals surface area contributed by atoms with Gasteiger partial charge in [-0.05, 0) is 50.1 Å². The molecule has 2 aromatic rings. The Morgan fingerprint density at radius 1 is 1.30 bits per heavy atom. The molecule has 1 aliphatic rings. The Balaban J connectivity index is 1.64. The van der Waals surface area contributed by atoms with Crippen molar-refractivity contribution < 1.29 is 27.1 Å². The minimum atomic E-state index is -4.41. The molecule has 0 aliphatic carbocycles. The summed E-state index contributed by atoms with van der Waals surface area (Å²) in [5.41, 5.74) is 0.916. The number of carbonyl (C=O) groups is 1. The Hall–Kier alpha value is -2.59. The number of piperidine rings is 1. The van der Waals surface area contributed by atoms with E-state index in [-0.39, 0.29) is 32.5 Å². The molecule has 0 saturated carbocycles. The molecule has 1 aromatic carbocycles. The molecule has 10 heteroatoms. The minimum Gasteiger partial charge on any atom is -0.390 e. The summed E-state index contributed by atoms with van der Waals surface area (Å²) in [6.07, 6.45) is 1.72. The molecule has 30 heavy (non-hydrogen) atoms. The van der Waals surface area contributed by atoms with E-state index in [2.05, 4.69) is 10.3 Å². The highest BCUT2D eigenvalue weighted by Gasteiger charge is 2.48. The van der Waals surface area contributed by atoms with Crippen molar-refractivity contribution >= 4 is 21.6 Å². The molecule has 0 radical (unpaired) electrons. The molecule has 1 saturated heterocycles. The Bertz CT molecular complexity index is 1000. The number of benzene rings is 1. The number of alkyl halides is 1. The highest BCUT2D eigenvalue weighted by molar-refractivity contribution is 7.92. The molecule has 0 bridgehead atoms. The molecular formula is C20H23F2N3O4S. The fourth-order valence-corrected chi connectivity index (χ4v) is 5.14. The van der Waals surface area contributed by atoms with Gasteiger partial charge >= 0.3 is 6.03 Å². The van der Waals surface area contributed by atoms with Crippen LogP contribution in [0.5, 0.6) is 0 Å². The van der Waals surface area contributed by atoms with E-state index in [0.717, 1.165) is 19.1 Å². The van der Waals surface area contributed by atoms with Crippen molar-refractivity contribution in [2.45, 2.75) is 36.3 Å². The van der Waals surface area contributed by atoms with Gasteiger partial charge in [0, 0.05) is 19.0 Å². The van der Waals surface area contributed by atoms with Crippen LogP contribution in [0.15, 0.2) is 47.5 Å². The molecule has 1 fully saturated rings. The molecule has 1 aliphatic heterocycles. The smallest absolute Gasteiger partial charge is 0.321 e. The normalized spacial score (nSPS) is 17.4. The Labute approximate surface area is 173 Å². The van der Waals surface area contributed by atoms with Gasteiger partial charge in [-0.2, -0.15) is 0 Å². The number of aliphatic hydroxyl groups is 1. The maximum Gasteiger partial charge on any atom is 0.321 e. The van der Waals surface area contributed by atoms with E-state index in [1.807, 2.05) is 0 Å². The second-order valence-corrected chi connectivity index (χ2v) is 9.61. The van der Waals surface area contributed by atoms with Crippen molar-refractivity contribution in [2.24, 2.45) is 5.92 Å². The number of sulfone groups is 1. The summed E-state index contributed by atoms with van der Waals surface area (Å²) in [6, 6.07) is 7.09. The van der Waals surface area contributed by atoms with Gasteiger partial charge in [-0.15, -0.1) is 0 Å². The largest absolute Gasteiger partial charge is 0.390 e. The molecule has 0 unspecified atom stereocenters. The van der Waals surface area contributed by atoms with E-state index < -0.39 is 37.5 Å². The van der Waals surface area contributed by atoms with Gasteiger partial charge in [-0.1, -0.05) is 6.07 Å². The predicted octanol–water partition coefficient (Wildman–Crippen LogP) is 3.12. The number of carbonyl (C=O) groups excluding carboxylic acids is 1. The van der Waals surface area contributed by atoms with Gasteiger partial charge in [0.2, 0.25) is 14.8 Å². The fraction of sp³-hybridized carbons (Fsp3) is 0.400. The van der Waals surface area contributed by atoms with Crippen molar-refractivity contribution in [1.82, 2.24) is 9.88 Å². The molecule has 2 heterocycles. The monoisotopic (exact) mass is 439 g/mol. The van der Waals surface area contributed by atoms with Crippen LogP contribution in [0.1, 0.15) is 25.5 Å². The van der Waals surface area contributed by atoms with Crippen LogP contribution in [-0.2, 0) is 16.4 Å². The second kappa shape index (κ2) is 8.65. The third-order valence-corrected chi connectivity index (χ3v) is 7.64. The van der Waals surface area contributed by atoms with Crippen LogP contribution in [0.2, 0.25) is 0 Å². The van der Waals surface area contributed by atoms with E-state index in [4.69, 9.17) is 5.11 Å². The average Bonchev–Trinajstić information content (AvgIpc) is 2.74. The van der Waals surface area contributed by atoms with Gasteiger partial charge in [-0.3, -0.25) is 4.98 Å². The van der Waals surface area contributed by atoms with Gasteiger partial charge in [0.05, 0.1) is 29.1 Å². The van der Waals surface area contributed by atoms with Gasteiger partial charge in [0.1, 0.15) is 5.82 Å². The van der Waals surface area contributed by atoms with Crippen molar-refractivity contribution in [1.29, 1.82) is 0 Å². The van der Waals surface area contributed by atoms with Crippen molar-refractivity contribution in [3.05, 3.63) is 54.1 Å². The number of hydrogen-bond donors (Lipinski definition) is 2. The van der Waals surface area contributed by atoms with Gasteiger partial charge < -0.3 is 15.3 Å². The molecule has 0 spiro atoms. The maximum atomic E-state index is 15.5. The molecule has 7 nitrogen and oxygen atoms in total. The zero-order valence-corrected chi connectivity index (χ0v) is 17.2. The van der Waals surface area contributed by atoms with Crippen molar-refractivity contribution in [3.8, 4) is 0 Å². The van der Waals surface area contributed by atoms with Crippen LogP contribution in [0.4, 0.5) is 19.3 Å². The van der Waals surface area contributed by atoms with Gasteiger partial charge in [0.25, 0.3) is 0 Å². The molecule has 1 atom stereocenters. The Morgan fingerprint density at radius 3 is 2.57 bits per heavy atom. The van der Waals surface area contributed by atoms with Crippen LogP contribution < -0.4 is 5.32 Å². The van der Waals surface area contributed by atoms with Crippen molar-refractivity contribution in [3.63, 3.8) is 0 Å². The molecule has 1 aromatic heterocycles. The summed E-state index contributed by atoms with van der Waals surface area (Å²) in [5, 5.41) is 9.08. The Morgan fingerprint density at radius 2 is 2.00 bits per heavy atom. The first kappa shape index (κ1) is 22.1. The number of aliphatic hydroxyl groups excluding tert-OH is 1. The van der Waals surface area contributed by atoms with E-state index in [1.54, 1.807) is 12.1 Å². The quantitative estimate of drug-likeness (QED) is 0.746. The van der Waals surface area contributed by atoms with Crippen LogP contribution in [0.25, 0.3) is 0 Å². The molecule has 162 valence electrons. The fourth-order valence-electron chi connectivity index (χ4n) is 3.48. The number of aromatic nitrogens is 1. The standard InChI is InChI=1S/C20H23F2N3O4S/c1-20(22,30(28,29)18-4-2-3-15(21)11-18)14-7-9-25(10-8-14)19(27)24-16-5-6-17(13-26)23-12-16/h2-6,11-12,14,26H,7-10,13H2,1H3,(H,24,27)/t20-/m1/s1. The molecule has 2 N–H and O–H groups in total. The topological polar surface area (TPSA) is 99.6 Å². The highest BCUT2D eigenvalue weighted by atomic mass is 32.2. The van der Waals surface area contributed by atoms with E-state index in [1.165, 1.54) is 23.2 Å². The first-order valence-corrected chi connectivity index (χ1v) is 10.9. The number of halogens is 2. The zero-order valence-electron chi connectivity index (χ0n) is 16.4. The van der Waals surface area contributed by atoms with Crippen molar-refractivity contribution in [2.75, 3.05) is 18.4 Å². The summed E-state index contributed by atoms with van der Waals surface area (Å²) >= 11 is 0. The number of anilines is 1. The number of nitrogens with one attached hydrogen (secondary N) is 1. The predicted molar refractivity (Wildman–Crippen MR) is 107 cm³/mol. The van der Waals surface area contributed by atoms with Crippen LogP contribution in [0.3, 0.4) is 0 Å². The van der Waals surface area contributed by atoms with Crippen LogP contribution in [-0.4, -0.2) is 47.5 Å². The lowest BCUT2D eigenvalue weighted by molar-refractivity contribution is 0.117. The lowest BCUT2D eigenvalue weighted by Gasteiger charge is -2.37. The Kier molecular flexibility index (Phi) is 6.37. The number of pyridine rings is 1. The van der Waals surface area contributed by atoms with Gasteiger partial charge in [0.15, 0.2) is 0 Å². The minimum absolute atomic E-state index is 0.149. The SMILES string of the molecule is C[C@](F)(C1CCN(C(=O)Nc2ccc(CO)nc2)CC1)S(=O)(=O)c1cccc(F)c1. The first-order valence-electron chi connectivity index (χ1n) is 9.46.